The summed E-state index contributed by atoms with van der Waals surface area (Å²) in [6.07, 6.45) is -3.06. The maximum Gasteiger partial charge on any atom is 0.320 e. The van der Waals surface area contributed by atoms with Crippen LogP contribution in [0.4, 0.5) is 25.1 Å². The SMILES string of the molecule is C[C@@H](NC(=O)Nc1cc(N)c(C(=N)C(F)F)c(CO)n1)c1ccccc1. The van der Waals surface area contributed by atoms with Gasteiger partial charge >= 0.3 is 6.03 Å². The van der Waals surface area contributed by atoms with Crippen LogP contribution >= 0.6 is 0 Å². The lowest BCUT2D eigenvalue weighted by Crippen LogP contribution is -2.31. The van der Waals surface area contributed by atoms with Crippen molar-refractivity contribution in [3.63, 3.8) is 0 Å². The molecule has 1 heterocycles. The highest BCUT2D eigenvalue weighted by Crippen LogP contribution is 2.23. The van der Waals surface area contributed by atoms with Gasteiger partial charge in [-0.1, -0.05) is 30.3 Å². The molecule has 138 valence electrons. The number of hydrogen-bond acceptors (Lipinski definition) is 5. The molecule has 7 nitrogen and oxygen atoms in total. The molecule has 26 heavy (non-hydrogen) atoms. The summed E-state index contributed by atoms with van der Waals surface area (Å²) in [6, 6.07) is 9.57. The van der Waals surface area contributed by atoms with Crippen LogP contribution in [0.25, 0.3) is 0 Å². The lowest BCUT2D eigenvalue weighted by Gasteiger charge is -2.16. The van der Waals surface area contributed by atoms with Crippen molar-refractivity contribution in [2.75, 3.05) is 11.1 Å². The summed E-state index contributed by atoms with van der Waals surface area (Å²) in [5, 5.41) is 21.9. The number of anilines is 2. The second-order valence-corrected chi connectivity index (χ2v) is 5.52. The Labute approximate surface area is 148 Å². The number of nitrogens with two attached hydrogens (primary N) is 1. The molecule has 2 aromatic rings. The minimum atomic E-state index is -3.06. The smallest absolute Gasteiger partial charge is 0.320 e. The number of aromatic nitrogens is 1. The Morgan fingerprint density at radius 2 is 2.00 bits per heavy atom. The van der Waals surface area contributed by atoms with Gasteiger partial charge in [-0.3, -0.25) is 10.7 Å². The first-order chi connectivity index (χ1) is 12.3. The molecule has 0 radical (unpaired) electrons. The second kappa shape index (κ2) is 8.34. The number of benzene rings is 1. The van der Waals surface area contributed by atoms with Crippen molar-refractivity contribution >= 4 is 23.2 Å². The molecular formula is C17H19F2N5O2. The zero-order chi connectivity index (χ0) is 19.3. The molecular weight excluding hydrogens is 344 g/mol. The Morgan fingerprint density at radius 1 is 1.35 bits per heavy atom. The minimum absolute atomic E-state index is 0.0184. The minimum Gasteiger partial charge on any atom is -0.398 e. The number of urea groups is 1. The van der Waals surface area contributed by atoms with E-state index in [0.717, 1.165) is 11.6 Å². The van der Waals surface area contributed by atoms with Crippen LogP contribution in [0.1, 0.15) is 29.8 Å². The zero-order valence-corrected chi connectivity index (χ0v) is 14.0. The van der Waals surface area contributed by atoms with Crippen molar-refractivity contribution in [1.82, 2.24) is 10.3 Å². The molecule has 1 atom stereocenters. The van der Waals surface area contributed by atoms with Gasteiger partial charge in [-0.15, -0.1) is 0 Å². The zero-order valence-electron chi connectivity index (χ0n) is 14.0. The van der Waals surface area contributed by atoms with Gasteiger partial charge in [-0.2, -0.15) is 0 Å². The van der Waals surface area contributed by atoms with E-state index in [4.69, 9.17) is 11.1 Å². The van der Waals surface area contributed by atoms with Crippen molar-refractivity contribution in [1.29, 1.82) is 5.41 Å². The predicted molar refractivity (Wildman–Crippen MR) is 94.4 cm³/mol. The van der Waals surface area contributed by atoms with Crippen LogP contribution in [0.2, 0.25) is 0 Å². The van der Waals surface area contributed by atoms with E-state index in [-0.39, 0.29) is 28.8 Å². The van der Waals surface area contributed by atoms with E-state index in [1.807, 2.05) is 30.3 Å². The van der Waals surface area contributed by atoms with Gasteiger partial charge in [0, 0.05) is 17.3 Å². The van der Waals surface area contributed by atoms with Gasteiger partial charge in [0.1, 0.15) is 11.5 Å². The summed E-state index contributed by atoms with van der Waals surface area (Å²) in [4.78, 5) is 16.0. The number of pyridine rings is 1. The third kappa shape index (κ3) is 4.51. The maximum atomic E-state index is 12.8. The average molecular weight is 363 g/mol. The molecule has 0 spiro atoms. The average Bonchev–Trinajstić information content (AvgIpc) is 2.61. The number of halogens is 2. The Hall–Kier alpha value is -3.07. The summed E-state index contributed by atoms with van der Waals surface area (Å²) in [5.74, 6) is -0.0184. The van der Waals surface area contributed by atoms with E-state index in [2.05, 4.69) is 15.6 Å². The van der Waals surface area contributed by atoms with Crippen molar-refractivity contribution in [3.05, 3.63) is 53.2 Å². The van der Waals surface area contributed by atoms with Gasteiger partial charge in [-0.25, -0.2) is 18.6 Å². The van der Waals surface area contributed by atoms with E-state index >= 15 is 0 Å². The molecule has 6 N–H and O–H groups in total. The third-order valence-corrected chi connectivity index (χ3v) is 3.65. The Balaban J connectivity index is 2.15. The topological polar surface area (TPSA) is 124 Å². The number of nitrogens with zero attached hydrogens (tertiary/aromatic N) is 1. The number of aliphatic hydroxyl groups excluding tert-OH is 1. The van der Waals surface area contributed by atoms with Gasteiger partial charge in [-0.05, 0) is 12.5 Å². The first-order valence-electron chi connectivity index (χ1n) is 7.73. The molecule has 0 saturated carbocycles. The third-order valence-electron chi connectivity index (χ3n) is 3.65. The normalized spacial score (nSPS) is 11.9. The van der Waals surface area contributed by atoms with Crippen LogP contribution < -0.4 is 16.4 Å². The van der Waals surface area contributed by atoms with Crippen LogP contribution in [0, 0.1) is 5.41 Å². The van der Waals surface area contributed by atoms with E-state index < -0.39 is 24.8 Å². The number of rotatable bonds is 6. The van der Waals surface area contributed by atoms with Gasteiger partial charge in [0.2, 0.25) is 0 Å². The maximum absolute atomic E-state index is 12.8. The highest BCUT2D eigenvalue weighted by Gasteiger charge is 2.22. The Bertz CT molecular complexity index is 799. The molecule has 2 rings (SSSR count). The van der Waals surface area contributed by atoms with Crippen molar-refractivity contribution < 1.29 is 18.7 Å². The molecule has 0 fully saturated rings. The number of nitrogen functional groups attached to an aromatic ring is 1. The molecule has 1 aromatic carbocycles. The first kappa shape index (κ1) is 19.3. The van der Waals surface area contributed by atoms with Gasteiger partial charge < -0.3 is 16.2 Å². The van der Waals surface area contributed by atoms with E-state index in [1.54, 1.807) is 6.92 Å². The quantitative estimate of drug-likeness (QED) is 0.506. The molecule has 0 aliphatic heterocycles. The number of amides is 2. The number of carbonyl (C=O) groups is 1. The van der Waals surface area contributed by atoms with Crippen LogP contribution in [-0.4, -0.2) is 28.3 Å². The second-order valence-electron chi connectivity index (χ2n) is 5.52. The van der Waals surface area contributed by atoms with E-state index in [0.29, 0.717) is 0 Å². The summed E-state index contributed by atoms with van der Waals surface area (Å²) in [7, 11) is 0. The summed E-state index contributed by atoms with van der Waals surface area (Å²) in [5.41, 5.74) is 4.85. The highest BCUT2D eigenvalue weighted by atomic mass is 19.3. The fourth-order valence-corrected chi connectivity index (χ4v) is 2.39. The van der Waals surface area contributed by atoms with Crippen LogP contribution in [0.15, 0.2) is 36.4 Å². The molecule has 1 aromatic heterocycles. The van der Waals surface area contributed by atoms with Crippen LogP contribution in [-0.2, 0) is 6.61 Å². The lowest BCUT2D eigenvalue weighted by atomic mass is 10.1. The van der Waals surface area contributed by atoms with Crippen molar-refractivity contribution in [3.8, 4) is 0 Å². The van der Waals surface area contributed by atoms with Gasteiger partial charge in [0.25, 0.3) is 6.43 Å². The standard InChI is InChI=1S/C17H19F2N5O2/c1-9(10-5-3-2-4-6-10)22-17(26)24-13-7-11(20)14(12(8-25)23-13)15(21)16(18)19/h2-7,9,16,21,25H,8H2,1H3,(H4,20,22,23,24,26)/t9-/m1/s1. The number of alkyl halides is 2. The number of nitrogens with one attached hydrogen (secondary N) is 3. The van der Waals surface area contributed by atoms with E-state index in [9.17, 15) is 18.7 Å². The first-order valence-corrected chi connectivity index (χ1v) is 7.73. The van der Waals surface area contributed by atoms with Gasteiger partial charge in [0.05, 0.1) is 18.3 Å². The number of carbonyl (C=O) groups excluding carboxylic acids is 1. The Morgan fingerprint density at radius 3 is 2.58 bits per heavy atom. The van der Waals surface area contributed by atoms with Gasteiger partial charge in [0.15, 0.2) is 0 Å². The summed E-state index contributed by atoms with van der Waals surface area (Å²) < 4.78 is 25.5. The van der Waals surface area contributed by atoms with Crippen LogP contribution in [0.5, 0.6) is 0 Å². The molecule has 9 heteroatoms. The number of aliphatic hydroxyl groups is 1. The highest BCUT2D eigenvalue weighted by molar-refractivity contribution is 6.06. The molecule has 0 bridgehead atoms. The monoisotopic (exact) mass is 363 g/mol. The summed E-state index contributed by atoms with van der Waals surface area (Å²) >= 11 is 0. The fourth-order valence-electron chi connectivity index (χ4n) is 2.39. The predicted octanol–water partition coefficient (Wildman–Crippen LogP) is 2.67. The van der Waals surface area contributed by atoms with Crippen molar-refractivity contribution in [2.24, 2.45) is 0 Å². The molecule has 0 aliphatic carbocycles. The molecule has 0 aliphatic rings. The molecule has 2 amide bonds. The fraction of sp³-hybridized carbons (Fsp3) is 0.235. The largest absolute Gasteiger partial charge is 0.398 e. The van der Waals surface area contributed by atoms with Crippen LogP contribution in [0.3, 0.4) is 0 Å². The van der Waals surface area contributed by atoms with E-state index in [1.165, 1.54) is 0 Å². The lowest BCUT2D eigenvalue weighted by molar-refractivity contribution is 0.224. The van der Waals surface area contributed by atoms with Crippen molar-refractivity contribution in [2.45, 2.75) is 26.0 Å². The molecule has 0 saturated heterocycles. The summed E-state index contributed by atoms with van der Waals surface area (Å²) in [6.45, 7) is 1.09. The number of hydrogen-bond donors (Lipinski definition) is 5. The molecule has 0 unspecified atom stereocenters. The Kier molecular flexibility index (Phi) is 6.18.